The van der Waals surface area contributed by atoms with E-state index in [1.54, 1.807) is 0 Å². The number of aliphatic hydroxyl groups excluding tert-OH is 1. The predicted octanol–water partition coefficient (Wildman–Crippen LogP) is -0.534. The highest BCUT2D eigenvalue weighted by Gasteiger charge is 2.28. The lowest BCUT2D eigenvalue weighted by atomic mass is 9.90. The molecule has 1 saturated heterocycles. The second kappa shape index (κ2) is 5.54. The zero-order chi connectivity index (χ0) is 9.57. The maximum Gasteiger partial charge on any atom is 0.0556 e. The van der Waals surface area contributed by atoms with Crippen LogP contribution in [0.15, 0.2) is 0 Å². The Morgan fingerprint density at radius 2 is 2.23 bits per heavy atom. The van der Waals surface area contributed by atoms with Gasteiger partial charge in [-0.05, 0) is 19.3 Å². The van der Waals surface area contributed by atoms with Crippen LogP contribution in [0.25, 0.3) is 0 Å². The summed E-state index contributed by atoms with van der Waals surface area (Å²) < 4.78 is 5.37. The molecule has 0 aromatic carbocycles. The molecule has 1 heterocycles. The van der Waals surface area contributed by atoms with Crippen molar-refractivity contribution < 1.29 is 9.84 Å². The van der Waals surface area contributed by atoms with Gasteiger partial charge in [-0.15, -0.1) is 0 Å². The molecule has 0 aromatic rings. The summed E-state index contributed by atoms with van der Waals surface area (Å²) in [6, 6.07) is 0. The Morgan fingerprint density at radius 1 is 1.38 bits per heavy atom. The Balaban J connectivity index is 2.43. The molecule has 0 saturated carbocycles. The first-order valence-corrected chi connectivity index (χ1v) is 4.97. The standard InChI is InChI=1S/C9H20N2O2/c10-8-9(11-4-5-12)2-1-6-13-7-3-9/h11-12H,1-8,10H2. The zero-order valence-corrected chi connectivity index (χ0v) is 8.09. The van der Waals surface area contributed by atoms with E-state index in [4.69, 9.17) is 15.6 Å². The van der Waals surface area contributed by atoms with Crippen LogP contribution in [0.2, 0.25) is 0 Å². The third-order valence-corrected chi connectivity index (χ3v) is 2.67. The minimum absolute atomic E-state index is 0.000764. The molecule has 13 heavy (non-hydrogen) atoms. The van der Waals surface area contributed by atoms with Crippen LogP contribution in [-0.2, 0) is 4.74 Å². The van der Waals surface area contributed by atoms with Crippen molar-refractivity contribution in [2.75, 3.05) is 32.9 Å². The van der Waals surface area contributed by atoms with Crippen LogP contribution in [-0.4, -0.2) is 43.6 Å². The molecular formula is C9H20N2O2. The molecule has 0 bridgehead atoms. The van der Waals surface area contributed by atoms with E-state index in [2.05, 4.69) is 5.32 Å². The van der Waals surface area contributed by atoms with E-state index in [1.165, 1.54) is 0 Å². The van der Waals surface area contributed by atoms with Crippen LogP contribution in [0.4, 0.5) is 0 Å². The highest BCUT2D eigenvalue weighted by molar-refractivity contribution is 4.90. The quantitative estimate of drug-likeness (QED) is 0.554. The Hall–Kier alpha value is -0.160. The van der Waals surface area contributed by atoms with Crippen molar-refractivity contribution in [2.45, 2.75) is 24.8 Å². The van der Waals surface area contributed by atoms with Gasteiger partial charge in [0.25, 0.3) is 0 Å². The summed E-state index contributed by atoms with van der Waals surface area (Å²) in [4.78, 5) is 0. The molecule has 1 unspecified atom stereocenters. The molecule has 4 heteroatoms. The fourth-order valence-corrected chi connectivity index (χ4v) is 1.78. The molecule has 1 aliphatic rings. The molecule has 1 rings (SSSR count). The number of aliphatic hydroxyl groups is 1. The monoisotopic (exact) mass is 188 g/mol. The first-order chi connectivity index (χ1) is 6.33. The summed E-state index contributed by atoms with van der Waals surface area (Å²) in [5, 5.41) is 12.1. The van der Waals surface area contributed by atoms with Crippen molar-refractivity contribution in [2.24, 2.45) is 5.73 Å². The SMILES string of the molecule is NCC1(NCCO)CCCOCC1. The first kappa shape index (κ1) is 10.9. The molecule has 0 radical (unpaired) electrons. The molecule has 1 atom stereocenters. The maximum absolute atomic E-state index is 8.74. The number of hydrogen-bond donors (Lipinski definition) is 3. The van der Waals surface area contributed by atoms with Crippen molar-refractivity contribution in [1.82, 2.24) is 5.32 Å². The number of rotatable bonds is 4. The fourth-order valence-electron chi connectivity index (χ4n) is 1.78. The molecule has 0 spiro atoms. The van der Waals surface area contributed by atoms with Gasteiger partial charge in [0.15, 0.2) is 0 Å². The van der Waals surface area contributed by atoms with E-state index in [0.29, 0.717) is 13.1 Å². The molecule has 0 aliphatic carbocycles. The third-order valence-electron chi connectivity index (χ3n) is 2.67. The van der Waals surface area contributed by atoms with Gasteiger partial charge in [-0.2, -0.15) is 0 Å². The number of nitrogens with two attached hydrogens (primary N) is 1. The normalized spacial score (nSPS) is 30.0. The Morgan fingerprint density at radius 3 is 2.92 bits per heavy atom. The van der Waals surface area contributed by atoms with Gasteiger partial charge in [-0.25, -0.2) is 0 Å². The van der Waals surface area contributed by atoms with Crippen LogP contribution in [0.5, 0.6) is 0 Å². The lowest BCUT2D eigenvalue weighted by molar-refractivity contribution is 0.136. The second-order valence-corrected chi connectivity index (χ2v) is 3.60. The highest BCUT2D eigenvalue weighted by atomic mass is 16.5. The summed E-state index contributed by atoms with van der Waals surface area (Å²) in [5.74, 6) is 0. The number of hydrogen-bond acceptors (Lipinski definition) is 4. The van der Waals surface area contributed by atoms with Crippen LogP contribution < -0.4 is 11.1 Å². The first-order valence-electron chi connectivity index (χ1n) is 4.97. The molecule has 0 aromatic heterocycles. The van der Waals surface area contributed by atoms with Gasteiger partial charge < -0.3 is 20.9 Å². The molecule has 4 N–H and O–H groups in total. The molecule has 1 aliphatic heterocycles. The van der Waals surface area contributed by atoms with E-state index in [-0.39, 0.29) is 12.1 Å². The third kappa shape index (κ3) is 3.23. The fraction of sp³-hybridized carbons (Fsp3) is 1.00. The highest BCUT2D eigenvalue weighted by Crippen LogP contribution is 2.19. The summed E-state index contributed by atoms with van der Waals surface area (Å²) in [7, 11) is 0. The van der Waals surface area contributed by atoms with Gasteiger partial charge in [0, 0.05) is 31.8 Å². The average molecular weight is 188 g/mol. The summed E-state index contributed by atoms with van der Waals surface area (Å²) in [5.41, 5.74) is 5.75. The van der Waals surface area contributed by atoms with Crippen molar-refractivity contribution >= 4 is 0 Å². The van der Waals surface area contributed by atoms with Gasteiger partial charge in [0.1, 0.15) is 0 Å². The van der Waals surface area contributed by atoms with Gasteiger partial charge in [-0.3, -0.25) is 0 Å². The van der Waals surface area contributed by atoms with Crippen molar-refractivity contribution in [1.29, 1.82) is 0 Å². The van der Waals surface area contributed by atoms with Crippen LogP contribution in [0.1, 0.15) is 19.3 Å². The largest absolute Gasteiger partial charge is 0.395 e. The van der Waals surface area contributed by atoms with E-state index in [9.17, 15) is 0 Å². The summed E-state index contributed by atoms with van der Waals surface area (Å²) >= 11 is 0. The Kier molecular flexibility index (Phi) is 4.66. The number of nitrogens with one attached hydrogen (secondary N) is 1. The Labute approximate surface area is 79.5 Å². The van der Waals surface area contributed by atoms with E-state index < -0.39 is 0 Å². The molecule has 4 nitrogen and oxygen atoms in total. The molecule has 1 fully saturated rings. The topological polar surface area (TPSA) is 67.5 Å². The zero-order valence-electron chi connectivity index (χ0n) is 8.09. The average Bonchev–Trinajstić information content (AvgIpc) is 2.41. The number of β-amino-alcohol motifs (C(OH)–C–C–N with tert-alkyl or cyclic N) is 1. The van der Waals surface area contributed by atoms with Crippen LogP contribution in [0.3, 0.4) is 0 Å². The van der Waals surface area contributed by atoms with Gasteiger partial charge in [0.05, 0.1) is 6.61 Å². The lowest BCUT2D eigenvalue weighted by Crippen LogP contribution is -2.52. The summed E-state index contributed by atoms with van der Waals surface area (Å²) in [6.07, 6.45) is 3.04. The van der Waals surface area contributed by atoms with Gasteiger partial charge >= 0.3 is 0 Å². The van der Waals surface area contributed by atoms with E-state index >= 15 is 0 Å². The summed E-state index contributed by atoms with van der Waals surface area (Å²) in [6.45, 7) is 3.02. The van der Waals surface area contributed by atoms with Crippen LogP contribution >= 0.6 is 0 Å². The minimum Gasteiger partial charge on any atom is -0.395 e. The number of ether oxygens (including phenoxy) is 1. The molecular weight excluding hydrogens is 168 g/mol. The molecule has 0 amide bonds. The lowest BCUT2D eigenvalue weighted by Gasteiger charge is -2.32. The Bertz CT molecular complexity index is 134. The maximum atomic E-state index is 8.74. The predicted molar refractivity (Wildman–Crippen MR) is 51.5 cm³/mol. The smallest absolute Gasteiger partial charge is 0.0556 e. The van der Waals surface area contributed by atoms with Crippen molar-refractivity contribution in [3.8, 4) is 0 Å². The van der Waals surface area contributed by atoms with Gasteiger partial charge in [0.2, 0.25) is 0 Å². The minimum atomic E-state index is -0.000764. The van der Waals surface area contributed by atoms with Crippen molar-refractivity contribution in [3.63, 3.8) is 0 Å². The van der Waals surface area contributed by atoms with Gasteiger partial charge in [-0.1, -0.05) is 0 Å². The second-order valence-electron chi connectivity index (χ2n) is 3.60. The molecule has 78 valence electrons. The van der Waals surface area contributed by atoms with E-state index in [0.717, 1.165) is 32.5 Å². The van der Waals surface area contributed by atoms with Crippen LogP contribution in [0, 0.1) is 0 Å². The van der Waals surface area contributed by atoms with Crippen molar-refractivity contribution in [3.05, 3.63) is 0 Å². The van der Waals surface area contributed by atoms with E-state index in [1.807, 2.05) is 0 Å².